The van der Waals surface area contributed by atoms with Crippen molar-refractivity contribution in [2.45, 2.75) is 79.1 Å². The van der Waals surface area contributed by atoms with Crippen molar-refractivity contribution >= 4 is 28.0 Å². The fourth-order valence-electron chi connectivity index (χ4n) is 2.76. The number of carboxylic acids is 1. The zero-order valence-electron chi connectivity index (χ0n) is 18.5. The number of rotatable bonds is 14. The molecule has 0 bridgehead atoms. The highest BCUT2D eigenvalue weighted by atomic mass is 32.2. The Morgan fingerprint density at radius 2 is 1.73 bits per heavy atom. The average Bonchev–Trinajstić information content (AvgIpc) is 2.60. The number of aliphatic hydroxyl groups is 1. The van der Waals surface area contributed by atoms with Crippen molar-refractivity contribution in [2.24, 2.45) is 11.3 Å². The van der Waals surface area contributed by atoms with Crippen molar-refractivity contribution in [3.8, 4) is 0 Å². The molecule has 10 nitrogen and oxygen atoms in total. The molecule has 0 rings (SSSR count). The van der Waals surface area contributed by atoms with Crippen LogP contribution in [-0.2, 0) is 33.4 Å². The predicted molar refractivity (Wildman–Crippen MR) is 109 cm³/mol. The van der Waals surface area contributed by atoms with Crippen molar-refractivity contribution < 1.29 is 41.9 Å². The van der Waals surface area contributed by atoms with Crippen molar-refractivity contribution in [3.05, 3.63) is 0 Å². The van der Waals surface area contributed by atoms with E-state index in [0.717, 1.165) is 0 Å². The van der Waals surface area contributed by atoms with Crippen LogP contribution < -0.4 is 5.32 Å². The van der Waals surface area contributed by atoms with Crippen LogP contribution >= 0.6 is 0 Å². The maximum atomic E-state index is 12.6. The Morgan fingerprint density at radius 1 is 1.17 bits per heavy atom. The van der Waals surface area contributed by atoms with Gasteiger partial charge in [0, 0.05) is 25.3 Å². The molecule has 0 saturated carbocycles. The van der Waals surface area contributed by atoms with Gasteiger partial charge in [-0.2, -0.15) is 8.42 Å². The summed E-state index contributed by atoms with van der Waals surface area (Å²) in [4.78, 5) is 34.4. The molecule has 0 aliphatic rings. The SMILES string of the molecule is CCCC(=O)OC(C(C)C)C(OS(=O)(=O)CCCNC(C)=O)C(C)(C)[C@@H](O)C(=O)O. The lowest BCUT2D eigenvalue weighted by Gasteiger charge is -2.40. The first-order valence-electron chi connectivity index (χ1n) is 9.91. The molecule has 1 amide bonds. The highest BCUT2D eigenvalue weighted by molar-refractivity contribution is 7.86. The third kappa shape index (κ3) is 9.40. The lowest BCUT2D eigenvalue weighted by Crippen LogP contribution is -2.54. The van der Waals surface area contributed by atoms with Gasteiger partial charge in [0.1, 0.15) is 12.2 Å². The zero-order valence-corrected chi connectivity index (χ0v) is 19.3. The number of hydrogen-bond acceptors (Lipinski definition) is 8. The fraction of sp³-hybridized carbons (Fsp3) is 0.842. The summed E-state index contributed by atoms with van der Waals surface area (Å²) in [5.41, 5.74) is -1.61. The van der Waals surface area contributed by atoms with Gasteiger partial charge < -0.3 is 20.3 Å². The molecule has 0 radical (unpaired) electrons. The van der Waals surface area contributed by atoms with Gasteiger partial charge in [-0.1, -0.05) is 34.6 Å². The quantitative estimate of drug-likeness (QED) is 0.199. The van der Waals surface area contributed by atoms with Gasteiger partial charge in [0.15, 0.2) is 6.10 Å². The van der Waals surface area contributed by atoms with Gasteiger partial charge in [0.05, 0.1) is 5.75 Å². The van der Waals surface area contributed by atoms with Crippen LogP contribution in [0.5, 0.6) is 0 Å². The number of nitrogens with one attached hydrogen (secondary N) is 1. The predicted octanol–water partition coefficient (Wildman–Crippen LogP) is 1.07. The number of carbonyl (C=O) groups excluding carboxylic acids is 2. The smallest absolute Gasteiger partial charge is 0.333 e. The third-order valence-electron chi connectivity index (χ3n) is 4.54. The molecule has 0 saturated heterocycles. The lowest BCUT2D eigenvalue weighted by atomic mass is 9.76. The van der Waals surface area contributed by atoms with E-state index in [1.54, 1.807) is 20.8 Å². The van der Waals surface area contributed by atoms with Crippen molar-refractivity contribution in [1.29, 1.82) is 0 Å². The van der Waals surface area contributed by atoms with Crippen LogP contribution in [0.2, 0.25) is 0 Å². The van der Waals surface area contributed by atoms with Crippen LogP contribution in [-0.4, -0.2) is 67.1 Å². The number of amides is 1. The minimum Gasteiger partial charge on any atom is -0.479 e. The van der Waals surface area contributed by atoms with Crippen LogP contribution in [0.15, 0.2) is 0 Å². The monoisotopic (exact) mass is 453 g/mol. The summed E-state index contributed by atoms with van der Waals surface area (Å²) < 4.78 is 35.9. The molecule has 0 aliphatic carbocycles. The lowest BCUT2D eigenvalue weighted by molar-refractivity contribution is -0.175. The van der Waals surface area contributed by atoms with E-state index in [1.807, 2.05) is 0 Å². The number of aliphatic hydroxyl groups excluding tert-OH is 1. The molecular weight excluding hydrogens is 418 g/mol. The Hall–Kier alpha value is -1.72. The van der Waals surface area contributed by atoms with E-state index in [4.69, 9.17) is 8.92 Å². The van der Waals surface area contributed by atoms with Crippen LogP contribution in [0.1, 0.15) is 60.8 Å². The molecule has 0 aliphatic heterocycles. The normalized spacial score (nSPS) is 15.3. The van der Waals surface area contributed by atoms with Gasteiger partial charge >= 0.3 is 11.9 Å². The minimum absolute atomic E-state index is 0.0680. The maximum Gasteiger partial charge on any atom is 0.333 e. The van der Waals surface area contributed by atoms with Crippen LogP contribution in [0.3, 0.4) is 0 Å². The third-order valence-corrected chi connectivity index (χ3v) is 5.83. The van der Waals surface area contributed by atoms with Crippen LogP contribution in [0.25, 0.3) is 0 Å². The van der Waals surface area contributed by atoms with Gasteiger partial charge in [-0.3, -0.25) is 13.8 Å². The maximum absolute atomic E-state index is 12.6. The number of esters is 1. The molecule has 0 spiro atoms. The van der Waals surface area contributed by atoms with Crippen LogP contribution in [0, 0.1) is 11.3 Å². The van der Waals surface area contributed by atoms with E-state index in [2.05, 4.69) is 5.32 Å². The summed E-state index contributed by atoms with van der Waals surface area (Å²) in [5.74, 6) is -3.31. The highest BCUT2D eigenvalue weighted by Crippen LogP contribution is 2.35. The molecule has 176 valence electrons. The molecular formula is C19H35NO9S. The molecule has 3 atom stereocenters. The number of ether oxygens (including phenoxy) is 1. The number of hydrogen-bond donors (Lipinski definition) is 3. The first kappa shape index (κ1) is 28.3. The van der Waals surface area contributed by atoms with Crippen molar-refractivity contribution in [1.82, 2.24) is 5.32 Å². The van der Waals surface area contributed by atoms with E-state index < -0.39 is 57.5 Å². The number of carboxylic acid groups (broad SMARTS) is 1. The van der Waals surface area contributed by atoms with E-state index in [0.29, 0.717) is 6.42 Å². The molecule has 3 N–H and O–H groups in total. The largest absolute Gasteiger partial charge is 0.479 e. The summed E-state index contributed by atoms with van der Waals surface area (Å²) in [5, 5.41) is 21.9. The molecule has 0 heterocycles. The number of carbonyl (C=O) groups is 3. The molecule has 30 heavy (non-hydrogen) atoms. The van der Waals surface area contributed by atoms with E-state index >= 15 is 0 Å². The first-order valence-corrected chi connectivity index (χ1v) is 11.5. The highest BCUT2D eigenvalue weighted by Gasteiger charge is 2.49. The fourth-order valence-corrected chi connectivity index (χ4v) is 4.03. The molecule has 0 aromatic rings. The Labute approximate surface area is 178 Å². The van der Waals surface area contributed by atoms with Gasteiger partial charge in [-0.25, -0.2) is 4.79 Å². The van der Waals surface area contributed by atoms with Crippen molar-refractivity contribution in [3.63, 3.8) is 0 Å². The Morgan fingerprint density at radius 3 is 2.17 bits per heavy atom. The topological polar surface area (TPSA) is 156 Å². The van der Waals surface area contributed by atoms with Crippen LogP contribution in [0.4, 0.5) is 0 Å². The van der Waals surface area contributed by atoms with Crippen molar-refractivity contribution in [2.75, 3.05) is 12.3 Å². The summed E-state index contributed by atoms with van der Waals surface area (Å²) >= 11 is 0. The first-order chi connectivity index (χ1) is 13.7. The second-order valence-electron chi connectivity index (χ2n) is 8.13. The standard InChI is InChI=1S/C19H35NO9S/c1-7-9-14(22)28-15(12(2)3)17(19(5,6)16(23)18(24)25)29-30(26,27)11-8-10-20-13(4)21/h12,15-17,23H,7-11H2,1-6H3,(H,20,21)(H,24,25)/t15?,16-,17?/m0/s1. The summed E-state index contributed by atoms with van der Waals surface area (Å²) in [6.45, 7) is 9.22. The summed E-state index contributed by atoms with van der Waals surface area (Å²) in [6, 6.07) is 0. The van der Waals surface area contributed by atoms with E-state index in [1.165, 1.54) is 20.8 Å². The molecule has 0 fully saturated rings. The Bertz CT molecular complexity index is 688. The summed E-state index contributed by atoms with van der Waals surface area (Å²) in [6.07, 6.45) is -3.85. The second kappa shape index (κ2) is 12.2. The van der Waals surface area contributed by atoms with Gasteiger partial charge in [0.25, 0.3) is 10.1 Å². The Kier molecular flexibility index (Phi) is 11.5. The Balaban J connectivity index is 5.83. The van der Waals surface area contributed by atoms with Gasteiger partial charge in [0.2, 0.25) is 5.91 Å². The zero-order chi connectivity index (χ0) is 23.7. The molecule has 0 aromatic carbocycles. The summed E-state index contributed by atoms with van der Waals surface area (Å²) in [7, 11) is -4.19. The van der Waals surface area contributed by atoms with Gasteiger partial charge in [-0.15, -0.1) is 0 Å². The van der Waals surface area contributed by atoms with Gasteiger partial charge in [-0.05, 0) is 18.8 Å². The molecule has 2 unspecified atom stereocenters. The average molecular weight is 454 g/mol. The second-order valence-corrected chi connectivity index (χ2v) is 9.84. The minimum atomic E-state index is -4.19. The van der Waals surface area contributed by atoms with E-state index in [-0.39, 0.29) is 25.3 Å². The molecule has 0 aromatic heterocycles. The van der Waals surface area contributed by atoms with E-state index in [9.17, 15) is 33.0 Å². The molecule has 11 heteroatoms. The number of aliphatic carboxylic acids is 1.